The Morgan fingerprint density at radius 3 is 2.23 bits per heavy atom. The molecule has 0 aromatic heterocycles. The Morgan fingerprint density at radius 1 is 0.967 bits per heavy atom. The fourth-order valence-electron chi connectivity index (χ4n) is 5.57. The molecule has 0 bridgehead atoms. The summed E-state index contributed by atoms with van der Waals surface area (Å²) in [6.45, 7) is 0. The highest BCUT2D eigenvalue weighted by Crippen LogP contribution is 2.46. The van der Waals surface area contributed by atoms with Crippen molar-refractivity contribution in [3.8, 4) is 12.1 Å². The van der Waals surface area contributed by atoms with Gasteiger partial charge >= 0.3 is 0 Å². The Kier molecular flexibility index (Phi) is 8.30. The highest BCUT2D eigenvalue weighted by atomic mass is 16.5. The third-order valence-corrected chi connectivity index (χ3v) is 7.51. The van der Waals surface area contributed by atoms with Crippen LogP contribution >= 0.6 is 0 Å². The molecule has 0 amide bonds. The van der Waals surface area contributed by atoms with E-state index in [4.69, 9.17) is 15.3 Å². The fourth-order valence-corrected chi connectivity index (χ4v) is 5.57. The minimum absolute atomic E-state index is 0.0411. The van der Waals surface area contributed by atoms with Gasteiger partial charge in [-0.25, -0.2) is 0 Å². The van der Waals surface area contributed by atoms with Gasteiger partial charge in [0, 0.05) is 13.2 Å². The lowest BCUT2D eigenvalue weighted by molar-refractivity contribution is -0.0614. The summed E-state index contributed by atoms with van der Waals surface area (Å²) in [5.41, 5.74) is 2.21. The van der Waals surface area contributed by atoms with E-state index in [0.29, 0.717) is 5.92 Å². The Hall–Kier alpha value is -2.36. The molecule has 3 nitrogen and oxygen atoms in total. The average Bonchev–Trinajstić information content (AvgIpc) is 2.82. The molecule has 3 heteroatoms. The molecule has 0 heterocycles. The van der Waals surface area contributed by atoms with Crippen molar-refractivity contribution in [1.29, 1.82) is 10.5 Å². The van der Waals surface area contributed by atoms with Crippen LogP contribution in [0.25, 0.3) is 0 Å². The van der Waals surface area contributed by atoms with Crippen molar-refractivity contribution in [2.24, 2.45) is 11.8 Å². The topological polar surface area (TPSA) is 56.8 Å². The van der Waals surface area contributed by atoms with E-state index in [0.717, 1.165) is 30.2 Å². The lowest BCUT2D eigenvalue weighted by Gasteiger charge is -2.43. The molecule has 2 aliphatic carbocycles. The second-order valence-electron chi connectivity index (χ2n) is 9.03. The highest BCUT2D eigenvalue weighted by molar-refractivity contribution is 5.33. The first-order valence-electron chi connectivity index (χ1n) is 11.5. The van der Waals surface area contributed by atoms with Crippen LogP contribution in [-0.4, -0.2) is 12.7 Å². The molecule has 0 aliphatic heterocycles. The molecule has 0 spiro atoms. The van der Waals surface area contributed by atoms with E-state index in [1.165, 1.54) is 63.0 Å². The first-order valence-corrected chi connectivity index (χ1v) is 11.5. The number of rotatable bonds is 7. The van der Waals surface area contributed by atoms with Crippen LogP contribution in [0.3, 0.4) is 0 Å². The third kappa shape index (κ3) is 5.84. The molecule has 30 heavy (non-hydrogen) atoms. The molecular weight excluding hydrogens is 368 g/mol. The molecule has 0 N–H and O–H groups in total. The Labute approximate surface area is 182 Å². The summed E-state index contributed by atoms with van der Waals surface area (Å²) in [6, 6.07) is 12.5. The molecule has 2 aliphatic rings. The summed E-state index contributed by atoms with van der Waals surface area (Å²) in [5, 5.41) is 17.5. The maximum Gasteiger partial charge on any atom is 0.0991 e. The number of benzene rings is 1. The standard InChI is InChI=1S/C27H34N2O/c1-30-27(17-5-3-2-4-6-20-28)18-15-26(16-19-27)25-13-11-24(12-14-25)23-9-7-22(21-29)8-10-23/h2-4,6-10,24-26H,5,11-19H2,1H3/t24-,25-,26-,27+. The van der Waals surface area contributed by atoms with Crippen LogP contribution in [0.2, 0.25) is 0 Å². The third-order valence-electron chi connectivity index (χ3n) is 7.51. The molecule has 1 aromatic carbocycles. The number of hydrogen-bond donors (Lipinski definition) is 0. The van der Waals surface area contributed by atoms with Crippen LogP contribution in [0.5, 0.6) is 0 Å². The van der Waals surface area contributed by atoms with Gasteiger partial charge in [-0.3, -0.25) is 0 Å². The summed E-state index contributed by atoms with van der Waals surface area (Å²) in [4.78, 5) is 0. The Balaban J connectivity index is 1.44. The molecule has 0 radical (unpaired) electrons. The quantitative estimate of drug-likeness (QED) is 0.371. The first-order chi connectivity index (χ1) is 14.7. The number of allylic oxidation sites excluding steroid dienone is 4. The van der Waals surface area contributed by atoms with Gasteiger partial charge in [0.1, 0.15) is 0 Å². The SMILES string of the molecule is CO[C@]1(CCC=CC=CC#N)CC[C@H]([C@H]2CC[C@H](c3ccc(C#N)cc3)CC2)CC1. The van der Waals surface area contributed by atoms with Gasteiger partial charge < -0.3 is 4.74 Å². The number of hydrogen-bond acceptors (Lipinski definition) is 3. The predicted octanol–water partition coefficient (Wildman–Crippen LogP) is 6.82. The van der Waals surface area contributed by atoms with E-state index in [9.17, 15) is 0 Å². The molecule has 2 saturated carbocycles. The smallest absolute Gasteiger partial charge is 0.0991 e. The molecule has 2 fully saturated rings. The van der Waals surface area contributed by atoms with E-state index in [1.807, 2.05) is 31.4 Å². The Bertz CT molecular complexity index is 793. The Morgan fingerprint density at radius 2 is 1.63 bits per heavy atom. The zero-order chi connectivity index (χ0) is 21.2. The second kappa shape index (κ2) is 11.1. The predicted molar refractivity (Wildman–Crippen MR) is 121 cm³/mol. The summed E-state index contributed by atoms with van der Waals surface area (Å²) < 4.78 is 6.01. The van der Waals surface area contributed by atoms with Crippen molar-refractivity contribution < 1.29 is 4.74 Å². The molecule has 158 valence electrons. The summed E-state index contributed by atoms with van der Waals surface area (Å²) in [7, 11) is 1.88. The molecule has 0 saturated heterocycles. The van der Waals surface area contributed by atoms with Crippen LogP contribution in [0.15, 0.2) is 48.6 Å². The molecule has 3 rings (SSSR count). The minimum atomic E-state index is 0.0411. The zero-order valence-corrected chi connectivity index (χ0v) is 18.2. The maximum atomic E-state index is 8.99. The van der Waals surface area contributed by atoms with Gasteiger partial charge in [0.25, 0.3) is 0 Å². The lowest BCUT2D eigenvalue weighted by Crippen LogP contribution is -2.38. The highest BCUT2D eigenvalue weighted by Gasteiger charge is 2.38. The van der Waals surface area contributed by atoms with Crippen LogP contribution in [0.4, 0.5) is 0 Å². The van der Waals surface area contributed by atoms with Crippen LogP contribution in [0.1, 0.15) is 81.3 Å². The first kappa shape index (κ1) is 22.3. The molecule has 0 unspecified atom stereocenters. The van der Waals surface area contributed by atoms with Gasteiger partial charge in [-0.1, -0.05) is 30.4 Å². The van der Waals surface area contributed by atoms with E-state index in [2.05, 4.69) is 24.3 Å². The zero-order valence-electron chi connectivity index (χ0n) is 18.2. The lowest BCUT2D eigenvalue weighted by atomic mass is 9.66. The summed E-state index contributed by atoms with van der Waals surface area (Å²) in [5.74, 6) is 2.38. The van der Waals surface area contributed by atoms with Crippen LogP contribution < -0.4 is 0 Å². The van der Waals surface area contributed by atoms with Crippen molar-refractivity contribution in [2.45, 2.75) is 75.7 Å². The molecule has 1 aromatic rings. The van der Waals surface area contributed by atoms with Gasteiger partial charge in [-0.2, -0.15) is 10.5 Å². The number of methoxy groups -OCH3 is 1. The van der Waals surface area contributed by atoms with E-state index in [-0.39, 0.29) is 5.60 Å². The number of ether oxygens (including phenoxy) is 1. The van der Waals surface area contributed by atoms with E-state index >= 15 is 0 Å². The summed E-state index contributed by atoms with van der Waals surface area (Å²) >= 11 is 0. The van der Waals surface area contributed by atoms with Crippen molar-refractivity contribution in [3.63, 3.8) is 0 Å². The van der Waals surface area contributed by atoms with Gasteiger partial charge in [-0.05, 0) is 99.7 Å². The van der Waals surface area contributed by atoms with Gasteiger partial charge in [0.05, 0.1) is 23.3 Å². The van der Waals surface area contributed by atoms with E-state index < -0.39 is 0 Å². The van der Waals surface area contributed by atoms with Crippen molar-refractivity contribution >= 4 is 0 Å². The van der Waals surface area contributed by atoms with Gasteiger partial charge in [-0.15, -0.1) is 0 Å². The van der Waals surface area contributed by atoms with Crippen LogP contribution in [0, 0.1) is 34.5 Å². The van der Waals surface area contributed by atoms with Crippen LogP contribution in [-0.2, 0) is 4.74 Å². The normalized spacial score (nSPS) is 29.6. The molecular formula is C27H34N2O. The van der Waals surface area contributed by atoms with Gasteiger partial charge in [0.15, 0.2) is 0 Å². The second-order valence-corrected chi connectivity index (χ2v) is 9.03. The van der Waals surface area contributed by atoms with Gasteiger partial charge in [0.2, 0.25) is 0 Å². The summed E-state index contributed by atoms with van der Waals surface area (Å²) in [6.07, 6.45) is 19.6. The fraction of sp³-hybridized carbons (Fsp3) is 0.556. The minimum Gasteiger partial charge on any atom is -0.378 e. The largest absolute Gasteiger partial charge is 0.378 e. The van der Waals surface area contributed by atoms with E-state index in [1.54, 1.807) is 6.08 Å². The maximum absolute atomic E-state index is 8.99. The monoisotopic (exact) mass is 402 g/mol. The van der Waals surface area contributed by atoms with Crippen molar-refractivity contribution in [3.05, 3.63) is 59.7 Å². The van der Waals surface area contributed by atoms with Crippen molar-refractivity contribution in [1.82, 2.24) is 0 Å². The number of nitrogens with zero attached hydrogens (tertiary/aromatic N) is 2. The molecule has 0 atom stereocenters. The number of nitriles is 2. The average molecular weight is 403 g/mol. The van der Waals surface area contributed by atoms with Crippen molar-refractivity contribution in [2.75, 3.05) is 7.11 Å².